The molecule has 1 fully saturated rings. The molecule has 2 aromatic carbocycles. The van der Waals surface area contributed by atoms with Crippen LogP contribution in [0.15, 0.2) is 48.5 Å². The molecule has 1 aliphatic heterocycles. The summed E-state index contributed by atoms with van der Waals surface area (Å²) in [6, 6.07) is 16.4. The summed E-state index contributed by atoms with van der Waals surface area (Å²) in [5.41, 5.74) is 10.2. The standard InChI is InChI=1S/C17H21N3O.ClH/c18-15-5-7-16(8-6-15)19-13-14-3-1-2-4-17(14)20-9-11-21-12-10-20;/h1-8,19H,9-13,18H2;1H. The van der Waals surface area contributed by atoms with Crippen molar-refractivity contribution in [2.75, 3.05) is 42.3 Å². The topological polar surface area (TPSA) is 50.5 Å². The molecule has 118 valence electrons. The number of nitrogens with two attached hydrogens (primary N) is 1. The lowest BCUT2D eigenvalue weighted by Gasteiger charge is -2.30. The Hall–Kier alpha value is -1.91. The molecule has 0 saturated carbocycles. The lowest BCUT2D eigenvalue weighted by Crippen LogP contribution is -2.36. The monoisotopic (exact) mass is 319 g/mol. The van der Waals surface area contributed by atoms with E-state index in [1.165, 1.54) is 11.3 Å². The van der Waals surface area contributed by atoms with Crippen LogP contribution in [-0.4, -0.2) is 26.3 Å². The normalized spacial score (nSPS) is 14.3. The van der Waals surface area contributed by atoms with Crippen molar-refractivity contribution >= 4 is 29.5 Å². The Labute approximate surface area is 137 Å². The van der Waals surface area contributed by atoms with E-state index in [9.17, 15) is 0 Å². The van der Waals surface area contributed by atoms with Crippen molar-refractivity contribution in [3.05, 3.63) is 54.1 Å². The Kier molecular flexibility index (Phi) is 5.92. The fourth-order valence-electron chi connectivity index (χ4n) is 2.57. The van der Waals surface area contributed by atoms with Gasteiger partial charge in [-0.2, -0.15) is 0 Å². The van der Waals surface area contributed by atoms with Crippen LogP contribution in [0.4, 0.5) is 17.1 Å². The summed E-state index contributed by atoms with van der Waals surface area (Å²) in [6.07, 6.45) is 0. The molecule has 0 radical (unpaired) electrons. The molecule has 5 heteroatoms. The minimum Gasteiger partial charge on any atom is -0.399 e. The predicted octanol–water partition coefficient (Wildman–Crippen LogP) is 3.14. The van der Waals surface area contributed by atoms with Crippen LogP contribution in [0.1, 0.15) is 5.56 Å². The molecule has 0 aliphatic carbocycles. The van der Waals surface area contributed by atoms with Gasteiger partial charge in [-0.15, -0.1) is 12.4 Å². The fraction of sp³-hybridized carbons (Fsp3) is 0.294. The summed E-state index contributed by atoms with van der Waals surface area (Å²) in [7, 11) is 0. The first-order valence-corrected chi connectivity index (χ1v) is 7.33. The third-order valence-corrected chi connectivity index (χ3v) is 3.74. The van der Waals surface area contributed by atoms with E-state index in [-0.39, 0.29) is 12.4 Å². The van der Waals surface area contributed by atoms with E-state index < -0.39 is 0 Å². The van der Waals surface area contributed by atoms with Crippen molar-refractivity contribution in [3.63, 3.8) is 0 Å². The van der Waals surface area contributed by atoms with Crippen LogP contribution < -0.4 is 16.0 Å². The molecular formula is C17H22ClN3O. The highest BCUT2D eigenvalue weighted by molar-refractivity contribution is 5.85. The third kappa shape index (κ3) is 4.06. The summed E-state index contributed by atoms with van der Waals surface area (Å²) in [6.45, 7) is 4.33. The minimum absolute atomic E-state index is 0. The molecule has 0 unspecified atom stereocenters. The Morgan fingerprint density at radius 2 is 1.68 bits per heavy atom. The van der Waals surface area contributed by atoms with Gasteiger partial charge in [0.05, 0.1) is 13.2 Å². The summed E-state index contributed by atoms with van der Waals surface area (Å²) >= 11 is 0. The second-order valence-corrected chi connectivity index (χ2v) is 5.20. The molecule has 0 spiro atoms. The van der Waals surface area contributed by atoms with E-state index in [2.05, 4.69) is 34.5 Å². The average molecular weight is 320 g/mol. The number of rotatable bonds is 4. The highest BCUT2D eigenvalue weighted by Gasteiger charge is 2.13. The highest BCUT2D eigenvalue weighted by atomic mass is 35.5. The van der Waals surface area contributed by atoms with Crippen LogP contribution in [0, 0.1) is 0 Å². The van der Waals surface area contributed by atoms with E-state index in [0.717, 1.165) is 44.2 Å². The van der Waals surface area contributed by atoms with Crippen molar-refractivity contribution in [3.8, 4) is 0 Å². The summed E-state index contributed by atoms with van der Waals surface area (Å²) in [5, 5.41) is 3.45. The molecule has 1 saturated heterocycles. The number of nitrogens with zero attached hydrogens (tertiary/aromatic N) is 1. The number of benzene rings is 2. The maximum Gasteiger partial charge on any atom is 0.0642 e. The number of ether oxygens (including phenoxy) is 1. The summed E-state index contributed by atoms with van der Waals surface area (Å²) in [4.78, 5) is 2.39. The molecule has 0 amide bonds. The Bertz CT molecular complexity index is 583. The molecule has 4 nitrogen and oxygen atoms in total. The minimum atomic E-state index is 0. The van der Waals surface area contributed by atoms with Crippen LogP contribution in [0.25, 0.3) is 0 Å². The largest absolute Gasteiger partial charge is 0.399 e. The van der Waals surface area contributed by atoms with Gasteiger partial charge in [0.1, 0.15) is 0 Å². The van der Waals surface area contributed by atoms with Crippen LogP contribution in [0.3, 0.4) is 0 Å². The van der Waals surface area contributed by atoms with Crippen molar-refractivity contribution < 1.29 is 4.74 Å². The maximum atomic E-state index is 5.71. The molecule has 1 heterocycles. The van der Waals surface area contributed by atoms with Gasteiger partial charge in [0.15, 0.2) is 0 Å². The lowest BCUT2D eigenvalue weighted by molar-refractivity contribution is 0.122. The highest BCUT2D eigenvalue weighted by Crippen LogP contribution is 2.22. The van der Waals surface area contributed by atoms with Crippen LogP contribution in [0.2, 0.25) is 0 Å². The lowest BCUT2D eigenvalue weighted by atomic mass is 10.1. The zero-order valence-corrected chi connectivity index (χ0v) is 13.3. The second-order valence-electron chi connectivity index (χ2n) is 5.20. The first-order chi connectivity index (χ1) is 10.3. The Morgan fingerprint density at radius 1 is 1.00 bits per heavy atom. The van der Waals surface area contributed by atoms with Crippen LogP contribution in [-0.2, 0) is 11.3 Å². The smallest absolute Gasteiger partial charge is 0.0642 e. The number of para-hydroxylation sites is 1. The average Bonchev–Trinajstić information content (AvgIpc) is 2.55. The van der Waals surface area contributed by atoms with E-state index in [1.807, 2.05) is 24.3 Å². The molecule has 3 N–H and O–H groups in total. The van der Waals surface area contributed by atoms with Gasteiger partial charge in [-0.05, 0) is 35.9 Å². The number of hydrogen-bond donors (Lipinski definition) is 2. The number of anilines is 3. The first-order valence-electron chi connectivity index (χ1n) is 7.33. The van der Waals surface area contributed by atoms with Gasteiger partial charge in [-0.3, -0.25) is 0 Å². The van der Waals surface area contributed by atoms with Crippen molar-refractivity contribution in [1.82, 2.24) is 0 Å². The molecule has 22 heavy (non-hydrogen) atoms. The van der Waals surface area contributed by atoms with E-state index in [1.54, 1.807) is 0 Å². The van der Waals surface area contributed by atoms with E-state index in [0.29, 0.717) is 0 Å². The molecule has 3 rings (SSSR count). The third-order valence-electron chi connectivity index (χ3n) is 3.74. The van der Waals surface area contributed by atoms with Crippen molar-refractivity contribution in [1.29, 1.82) is 0 Å². The van der Waals surface area contributed by atoms with Gasteiger partial charge in [0.2, 0.25) is 0 Å². The zero-order valence-electron chi connectivity index (χ0n) is 12.5. The van der Waals surface area contributed by atoms with E-state index in [4.69, 9.17) is 10.5 Å². The van der Waals surface area contributed by atoms with Crippen LogP contribution in [0.5, 0.6) is 0 Å². The summed E-state index contributed by atoms with van der Waals surface area (Å²) < 4.78 is 5.43. The number of nitrogen functional groups attached to an aromatic ring is 1. The van der Waals surface area contributed by atoms with Gasteiger partial charge < -0.3 is 20.7 Å². The number of nitrogens with one attached hydrogen (secondary N) is 1. The summed E-state index contributed by atoms with van der Waals surface area (Å²) in [5.74, 6) is 0. The molecule has 0 atom stereocenters. The molecular weight excluding hydrogens is 298 g/mol. The molecule has 0 bridgehead atoms. The Morgan fingerprint density at radius 3 is 2.41 bits per heavy atom. The van der Waals surface area contributed by atoms with Gasteiger partial charge in [-0.25, -0.2) is 0 Å². The number of hydrogen-bond acceptors (Lipinski definition) is 4. The molecule has 2 aromatic rings. The van der Waals surface area contributed by atoms with Gasteiger partial charge in [0, 0.05) is 36.7 Å². The fourth-order valence-corrected chi connectivity index (χ4v) is 2.57. The number of halogens is 1. The van der Waals surface area contributed by atoms with Gasteiger partial charge >= 0.3 is 0 Å². The van der Waals surface area contributed by atoms with Gasteiger partial charge in [-0.1, -0.05) is 18.2 Å². The zero-order chi connectivity index (χ0) is 14.5. The molecule has 0 aromatic heterocycles. The first kappa shape index (κ1) is 16.5. The van der Waals surface area contributed by atoms with Crippen molar-refractivity contribution in [2.45, 2.75) is 6.54 Å². The SMILES string of the molecule is Cl.Nc1ccc(NCc2ccccc2N2CCOCC2)cc1. The predicted molar refractivity (Wildman–Crippen MR) is 94.9 cm³/mol. The second kappa shape index (κ2) is 7.92. The number of morpholine rings is 1. The van der Waals surface area contributed by atoms with Crippen molar-refractivity contribution in [2.24, 2.45) is 0 Å². The maximum absolute atomic E-state index is 5.71. The van der Waals surface area contributed by atoms with Crippen LogP contribution >= 0.6 is 12.4 Å². The van der Waals surface area contributed by atoms with Gasteiger partial charge in [0.25, 0.3) is 0 Å². The quantitative estimate of drug-likeness (QED) is 0.850. The van der Waals surface area contributed by atoms with E-state index >= 15 is 0 Å². The molecule has 1 aliphatic rings. The Balaban J connectivity index is 0.00000176.